The topological polar surface area (TPSA) is 108 Å². The number of nitro benzene ring substituents is 1. The molecule has 2 heterocycles. The van der Waals surface area contributed by atoms with Gasteiger partial charge < -0.3 is 5.11 Å². The second-order valence-corrected chi connectivity index (χ2v) is 5.34. The van der Waals surface area contributed by atoms with Crippen molar-refractivity contribution in [2.45, 2.75) is 0 Å². The first kappa shape index (κ1) is 13.4. The van der Waals surface area contributed by atoms with Crippen LogP contribution in [0.15, 0.2) is 34.4 Å². The molecule has 0 saturated carbocycles. The largest absolute Gasteiger partial charge is 0.502 e. The summed E-state index contributed by atoms with van der Waals surface area (Å²) in [6.07, 6.45) is 0. The number of nitrogens with one attached hydrogen (secondary N) is 1. The monoisotopic (exact) mass is 306 g/mol. The number of nitrogens with zero attached hydrogens (tertiary/aromatic N) is 3. The first-order valence-electron chi connectivity index (χ1n) is 6.03. The van der Waals surface area contributed by atoms with E-state index < -0.39 is 16.4 Å². The summed E-state index contributed by atoms with van der Waals surface area (Å²) in [7, 11) is 0. The zero-order valence-electron chi connectivity index (χ0n) is 10.6. The molecule has 0 spiro atoms. The molecule has 0 bridgehead atoms. The van der Waals surface area contributed by atoms with Crippen LogP contribution in [0.1, 0.15) is 5.56 Å². The lowest BCUT2D eigenvalue weighted by molar-refractivity contribution is -0.385. The number of rotatable bonds is 2. The van der Waals surface area contributed by atoms with Crippen LogP contribution < -0.4 is 5.43 Å². The Morgan fingerprint density at radius 3 is 3.05 bits per heavy atom. The third-order valence-corrected chi connectivity index (χ3v) is 3.92. The molecule has 1 aromatic rings. The van der Waals surface area contributed by atoms with Crippen molar-refractivity contribution in [1.29, 1.82) is 0 Å². The highest BCUT2D eigenvalue weighted by Gasteiger charge is 2.30. The smallest absolute Gasteiger partial charge is 0.342 e. The van der Waals surface area contributed by atoms with E-state index in [4.69, 9.17) is 0 Å². The maximum atomic E-state index is 11.7. The van der Waals surface area contributed by atoms with Gasteiger partial charge in [0.05, 0.1) is 10.6 Å². The Hall–Kier alpha value is -2.55. The second kappa shape index (κ2) is 5.09. The van der Waals surface area contributed by atoms with Crippen LogP contribution >= 0.6 is 11.8 Å². The highest BCUT2D eigenvalue weighted by atomic mass is 32.2. The zero-order valence-corrected chi connectivity index (χ0v) is 11.5. The molecule has 0 aromatic heterocycles. The van der Waals surface area contributed by atoms with Crippen LogP contribution in [0.25, 0.3) is 0 Å². The summed E-state index contributed by atoms with van der Waals surface area (Å²) in [5.74, 6) is 0.368. The van der Waals surface area contributed by atoms with E-state index in [-0.39, 0.29) is 6.03 Å². The molecule has 0 atom stereocenters. The van der Waals surface area contributed by atoms with Crippen molar-refractivity contribution < 1.29 is 14.8 Å². The van der Waals surface area contributed by atoms with E-state index >= 15 is 0 Å². The molecule has 2 amide bonds. The Morgan fingerprint density at radius 2 is 2.29 bits per heavy atom. The van der Waals surface area contributed by atoms with E-state index in [1.165, 1.54) is 23.1 Å². The molecule has 2 aliphatic rings. The third kappa shape index (κ3) is 2.31. The van der Waals surface area contributed by atoms with Crippen LogP contribution in [0.5, 0.6) is 5.75 Å². The van der Waals surface area contributed by atoms with E-state index in [1.54, 1.807) is 17.2 Å². The van der Waals surface area contributed by atoms with Gasteiger partial charge in [0.25, 0.3) is 0 Å². The number of carbonyl (C=O) groups excluding carboxylic acids is 1. The van der Waals surface area contributed by atoms with Crippen molar-refractivity contribution in [2.24, 2.45) is 5.10 Å². The number of hydrogen-bond donors (Lipinski definition) is 2. The van der Waals surface area contributed by atoms with Gasteiger partial charge in [-0.25, -0.2) is 10.2 Å². The van der Waals surface area contributed by atoms with Crippen molar-refractivity contribution in [3.05, 3.63) is 45.0 Å². The lowest BCUT2D eigenvalue weighted by atomic mass is 10.1. The van der Waals surface area contributed by atoms with E-state index in [2.05, 4.69) is 10.5 Å². The molecule has 0 unspecified atom stereocenters. The van der Waals surface area contributed by atoms with Gasteiger partial charge in [0.1, 0.15) is 5.71 Å². The second-order valence-electron chi connectivity index (χ2n) is 4.36. The Labute approximate surface area is 123 Å². The summed E-state index contributed by atoms with van der Waals surface area (Å²) >= 11 is 1.55. The number of benzene rings is 1. The van der Waals surface area contributed by atoms with Crippen molar-refractivity contribution >= 4 is 29.2 Å². The molecule has 108 valence electrons. The first-order chi connectivity index (χ1) is 10.1. The van der Waals surface area contributed by atoms with Gasteiger partial charge in [-0.05, 0) is 17.5 Å². The predicted octanol–water partition coefficient (Wildman–Crippen LogP) is 1.62. The standard InChI is InChI=1S/C12H10N4O4S/c17-10-2-1-7(5-8(10)16(19)20)11-9-6-21-4-3-15(9)12(18)14-13-11/h1-2,5-6,17H,3-4H2,(H,14,18). The van der Waals surface area contributed by atoms with Gasteiger partial charge in [0.2, 0.25) is 0 Å². The highest BCUT2D eigenvalue weighted by molar-refractivity contribution is 8.02. The fourth-order valence-corrected chi connectivity index (χ4v) is 2.91. The maximum absolute atomic E-state index is 11.7. The Kier molecular flexibility index (Phi) is 3.26. The molecule has 0 aliphatic carbocycles. The lowest BCUT2D eigenvalue weighted by Crippen LogP contribution is -2.46. The maximum Gasteiger partial charge on any atom is 0.342 e. The fourth-order valence-electron chi connectivity index (χ4n) is 2.11. The van der Waals surface area contributed by atoms with E-state index in [9.17, 15) is 20.0 Å². The molecule has 0 radical (unpaired) electrons. The van der Waals surface area contributed by atoms with Gasteiger partial charge in [-0.1, -0.05) is 0 Å². The Morgan fingerprint density at radius 1 is 1.48 bits per heavy atom. The zero-order chi connectivity index (χ0) is 15.0. The Bertz CT molecular complexity index is 700. The molecule has 2 N–H and O–H groups in total. The van der Waals surface area contributed by atoms with Gasteiger partial charge in [-0.15, -0.1) is 11.8 Å². The van der Waals surface area contributed by atoms with E-state index in [1.807, 2.05) is 0 Å². The molecule has 0 saturated heterocycles. The molecule has 3 rings (SSSR count). The van der Waals surface area contributed by atoms with Gasteiger partial charge in [-0.3, -0.25) is 15.0 Å². The van der Waals surface area contributed by atoms with Crippen LogP contribution in [0.4, 0.5) is 10.5 Å². The average molecular weight is 306 g/mol. The summed E-state index contributed by atoms with van der Waals surface area (Å²) in [5, 5.41) is 26.2. The highest BCUT2D eigenvalue weighted by Crippen LogP contribution is 2.30. The predicted molar refractivity (Wildman–Crippen MR) is 77.1 cm³/mol. The minimum absolute atomic E-state index is 0.321. The number of phenolic OH excluding ortho intramolecular Hbond substituents is 1. The molecule has 9 heteroatoms. The van der Waals surface area contributed by atoms with Crippen LogP contribution in [-0.2, 0) is 0 Å². The van der Waals surface area contributed by atoms with Gasteiger partial charge in [0, 0.05) is 23.9 Å². The number of hydrogen-bond acceptors (Lipinski definition) is 6. The number of aromatic hydroxyl groups is 1. The lowest BCUT2D eigenvalue weighted by Gasteiger charge is -2.31. The summed E-state index contributed by atoms with van der Waals surface area (Å²) in [6.45, 7) is 0.543. The number of hydrazone groups is 1. The molecule has 1 aromatic carbocycles. The van der Waals surface area contributed by atoms with Crippen LogP contribution in [0, 0.1) is 10.1 Å². The number of amides is 2. The number of thioether (sulfide) groups is 1. The number of carbonyl (C=O) groups is 1. The number of phenols is 1. The third-order valence-electron chi connectivity index (χ3n) is 3.12. The minimum Gasteiger partial charge on any atom is -0.502 e. The van der Waals surface area contributed by atoms with Gasteiger partial charge in [-0.2, -0.15) is 5.10 Å². The van der Waals surface area contributed by atoms with Gasteiger partial charge >= 0.3 is 11.7 Å². The minimum atomic E-state index is -0.664. The quantitative estimate of drug-likeness (QED) is 0.637. The van der Waals surface area contributed by atoms with Crippen LogP contribution in [-0.4, -0.2) is 39.0 Å². The molecular weight excluding hydrogens is 296 g/mol. The molecule has 0 fully saturated rings. The summed E-state index contributed by atoms with van der Waals surface area (Å²) in [5.41, 5.74) is 3.48. The van der Waals surface area contributed by atoms with Crippen molar-refractivity contribution in [1.82, 2.24) is 10.3 Å². The molecule has 21 heavy (non-hydrogen) atoms. The van der Waals surface area contributed by atoms with Crippen LogP contribution in [0.3, 0.4) is 0 Å². The van der Waals surface area contributed by atoms with Crippen molar-refractivity contribution in [3.63, 3.8) is 0 Å². The normalized spacial score (nSPS) is 17.5. The number of fused-ring (bicyclic) bond motifs is 1. The van der Waals surface area contributed by atoms with Crippen molar-refractivity contribution in [3.8, 4) is 5.75 Å². The Balaban J connectivity index is 2.07. The summed E-state index contributed by atoms with van der Waals surface area (Å²) in [4.78, 5) is 23.5. The summed E-state index contributed by atoms with van der Waals surface area (Å²) < 4.78 is 0. The number of allylic oxidation sites excluding steroid dienone is 1. The number of nitro groups is 1. The molecular formula is C12H10N4O4S. The van der Waals surface area contributed by atoms with Gasteiger partial charge in [0.15, 0.2) is 5.75 Å². The molecule has 2 aliphatic heterocycles. The SMILES string of the molecule is O=C1NN=C(c2ccc(O)c([N+](=O)[O-])c2)C2=CSCCN12. The molecule has 8 nitrogen and oxygen atoms in total. The van der Waals surface area contributed by atoms with Crippen LogP contribution in [0.2, 0.25) is 0 Å². The first-order valence-corrected chi connectivity index (χ1v) is 7.08. The average Bonchev–Trinajstić information content (AvgIpc) is 2.48. The fraction of sp³-hybridized carbons (Fsp3) is 0.167. The van der Waals surface area contributed by atoms with E-state index in [0.717, 1.165) is 5.75 Å². The number of urea groups is 1. The summed E-state index contributed by atoms with van der Waals surface area (Å²) in [6, 6.07) is 3.69. The van der Waals surface area contributed by atoms with E-state index in [0.29, 0.717) is 23.5 Å². The van der Waals surface area contributed by atoms with Crippen molar-refractivity contribution in [2.75, 3.05) is 12.3 Å².